The molecule has 0 amide bonds. The smallest absolute Gasteiger partial charge is 0.253 e. The van der Waals surface area contributed by atoms with Gasteiger partial charge in [-0.05, 0) is 6.07 Å². The van der Waals surface area contributed by atoms with Gasteiger partial charge in [0.25, 0.3) is 11.9 Å². The molecule has 18 heavy (non-hydrogen) atoms. The maximum Gasteiger partial charge on any atom is 0.253 e. The minimum absolute atomic E-state index is 0.0540. The van der Waals surface area contributed by atoms with E-state index in [4.69, 9.17) is 0 Å². The predicted molar refractivity (Wildman–Crippen MR) is 54.8 cm³/mol. The van der Waals surface area contributed by atoms with Crippen LogP contribution in [0.15, 0.2) is 18.5 Å². The lowest BCUT2D eigenvalue weighted by Gasteiger charge is -2.09. The summed E-state index contributed by atoms with van der Waals surface area (Å²) < 4.78 is 53.4. The molecule has 0 spiro atoms. The number of halogens is 4. The van der Waals surface area contributed by atoms with Gasteiger partial charge in [0.2, 0.25) is 11.6 Å². The molecular weight excluding hydrogens is 252 g/mol. The zero-order chi connectivity index (χ0) is 13.1. The molecule has 0 aromatic carbocycles. The molecule has 0 radical (unpaired) electrons. The maximum absolute atomic E-state index is 13.2. The highest BCUT2D eigenvalue weighted by atomic mass is 19.2. The van der Waals surface area contributed by atoms with E-state index < -0.39 is 29.2 Å². The van der Waals surface area contributed by atoms with Gasteiger partial charge in [0.1, 0.15) is 5.69 Å². The van der Waals surface area contributed by atoms with Gasteiger partial charge in [-0.15, -0.1) is 0 Å². The lowest BCUT2D eigenvalue weighted by molar-refractivity contribution is 0.410. The molecular formula is C10H8F4N4. The first kappa shape index (κ1) is 12.3. The maximum atomic E-state index is 13.2. The molecule has 0 saturated heterocycles. The molecule has 0 fully saturated rings. The fraction of sp³-hybridized carbons (Fsp3) is 0.200. The standard InChI is InChI=1S/C10H8F4N4/c11-6-8(7(12)10(14)17-9(6)13)15-3-5-18-4-1-2-16-18/h1-2,4H,3,5H2,(H,15,17). The van der Waals surface area contributed by atoms with Crippen LogP contribution >= 0.6 is 0 Å². The number of anilines is 1. The summed E-state index contributed by atoms with van der Waals surface area (Å²) in [5, 5.41) is 6.13. The fourth-order valence-electron chi connectivity index (χ4n) is 1.37. The van der Waals surface area contributed by atoms with Crippen molar-refractivity contribution in [3.05, 3.63) is 42.0 Å². The van der Waals surface area contributed by atoms with Crippen LogP contribution in [0, 0.1) is 23.5 Å². The Labute approximate surface area is 99.3 Å². The van der Waals surface area contributed by atoms with Crippen molar-refractivity contribution in [1.82, 2.24) is 14.8 Å². The third-order valence-corrected chi connectivity index (χ3v) is 2.20. The third kappa shape index (κ3) is 2.41. The van der Waals surface area contributed by atoms with Gasteiger partial charge in [0.05, 0.1) is 6.54 Å². The number of nitrogens with one attached hydrogen (secondary N) is 1. The SMILES string of the molecule is Fc1nc(F)c(F)c(NCCn2cccn2)c1F. The third-order valence-electron chi connectivity index (χ3n) is 2.20. The molecule has 8 heteroatoms. The van der Waals surface area contributed by atoms with E-state index in [1.54, 1.807) is 12.3 Å². The van der Waals surface area contributed by atoms with Crippen molar-refractivity contribution >= 4 is 5.69 Å². The Bertz CT molecular complexity index is 515. The lowest BCUT2D eigenvalue weighted by atomic mass is 10.3. The molecule has 0 atom stereocenters. The zero-order valence-corrected chi connectivity index (χ0v) is 9.00. The Morgan fingerprint density at radius 3 is 2.33 bits per heavy atom. The van der Waals surface area contributed by atoms with Crippen molar-refractivity contribution in [2.45, 2.75) is 6.54 Å². The first-order valence-corrected chi connectivity index (χ1v) is 5.01. The lowest BCUT2D eigenvalue weighted by Crippen LogP contribution is -2.15. The van der Waals surface area contributed by atoms with Gasteiger partial charge < -0.3 is 5.32 Å². The second-order valence-electron chi connectivity index (χ2n) is 3.39. The van der Waals surface area contributed by atoms with Crippen LogP contribution in [0.1, 0.15) is 0 Å². The largest absolute Gasteiger partial charge is 0.378 e. The van der Waals surface area contributed by atoms with E-state index in [1.807, 2.05) is 0 Å². The fourth-order valence-corrected chi connectivity index (χ4v) is 1.37. The number of hydrogen-bond donors (Lipinski definition) is 1. The predicted octanol–water partition coefficient (Wildman–Crippen LogP) is 1.95. The Hall–Kier alpha value is -2.12. The van der Waals surface area contributed by atoms with Gasteiger partial charge in [-0.1, -0.05) is 0 Å². The van der Waals surface area contributed by atoms with Gasteiger partial charge in [0, 0.05) is 18.9 Å². The molecule has 0 saturated carbocycles. The molecule has 2 aromatic rings. The van der Waals surface area contributed by atoms with Gasteiger partial charge >= 0.3 is 0 Å². The average Bonchev–Trinajstić information content (AvgIpc) is 2.84. The monoisotopic (exact) mass is 260 g/mol. The zero-order valence-electron chi connectivity index (χ0n) is 9.00. The highest BCUT2D eigenvalue weighted by Crippen LogP contribution is 2.21. The molecule has 0 aliphatic carbocycles. The van der Waals surface area contributed by atoms with Crippen LogP contribution in [0.5, 0.6) is 0 Å². The van der Waals surface area contributed by atoms with Crippen LogP contribution in [-0.4, -0.2) is 21.3 Å². The van der Waals surface area contributed by atoms with Crippen molar-refractivity contribution in [2.24, 2.45) is 0 Å². The van der Waals surface area contributed by atoms with Gasteiger partial charge in [-0.3, -0.25) is 4.68 Å². The number of nitrogens with zero attached hydrogens (tertiary/aromatic N) is 3. The van der Waals surface area contributed by atoms with E-state index in [-0.39, 0.29) is 13.1 Å². The summed E-state index contributed by atoms with van der Waals surface area (Å²) >= 11 is 0. The summed E-state index contributed by atoms with van der Waals surface area (Å²) in [6, 6.07) is 1.67. The molecule has 1 N–H and O–H groups in total. The number of pyridine rings is 1. The second-order valence-corrected chi connectivity index (χ2v) is 3.39. The molecule has 0 bridgehead atoms. The van der Waals surface area contributed by atoms with E-state index >= 15 is 0 Å². The number of rotatable bonds is 4. The van der Waals surface area contributed by atoms with Crippen molar-refractivity contribution in [3.8, 4) is 0 Å². The molecule has 96 valence electrons. The Morgan fingerprint density at radius 2 is 1.78 bits per heavy atom. The summed E-state index contributed by atoms with van der Waals surface area (Å²) in [6.07, 6.45) is 3.18. The summed E-state index contributed by atoms with van der Waals surface area (Å²) in [7, 11) is 0. The minimum Gasteiger partial charge on any atom is -0.378 e. The molecule has 2 heterocycles. The van der Waals surface area contributed by atoms with Crippen molar-refractivity contribution in [3.63, 3.8) is 0 Å². The molecule has 2 aromatic heterocycles. The van der Waals surface area contributed by atoms with E-state index in [9.17, 15) is 17.6 Å². The summed E-state index contributed by atoms with van der Waals surface area (Å²) in [5.41, 5.74) is -0.868. The highest BCUT2D eigenvalue weighted by molar-refractivity contribution is 5.45. The summed E-state index contributed by atoms with van der Waals surface area (Å²) in [4.78, 5) is 2.45. The Kier molecular flexibility index (Phi) is 3.45. The van der Waals surface area contributed by atoms with Gasteiger partial charge in [-0.2, -0.15) is 27.6 Å². The van der Waals surface area contributed by atoms with E-state index in [2.05, 4.69) is 15.4 Å². The first-order valence-electron chi connectivity index (χ1n) is 5.01. The normalized spacial score (nSPS) is 10.7. The van der Waals surface area contributed by atoms with Crippen LogP contribution in [-0.2, 0) is 6.54 Å². The van der Waals surface area contributed by atoms with Crippen LogP contribution in [0.3, 0.4) is 0 Å². The van der Waals surface area contributed by atoms with E-state index in [0.29, 0.717) is 0 Å². The summed E-state index contributed by atoms with van der Waals surface area (Å²) in [5.74, 6) is -6.46. The van der Waals surface area contributed by atoms with Crippen LogP contribution in [0.4, 0.5) is 23.2 Å². The molecule has 0 aliphatic heterocycles. The van der Waals surface area contributed by atoms with Crippen LogP contribution in [0.25, 0.3) is 0 Å². The number of hydrogen-bond acceptors (Lipinski definition) is 3. The van der Waals surface area contributed by atoms with Crippen LogP contribution < -0.4 is 5.32 Å². The van der Waals surface area contributed by atoms with Crippen LogP contribution in [0.2, 0.25) is 0 Å². The topological polar surface area (TPSA) is 42.7 Å². The van der Waals surface area contributed by atoms with Gasteiger partial charge in [-0.25, -0.2) is 0 Å². The average molecular weight is 260 g/mol. The quantitative estimate of drug-likeness (QED) is 0.675. The van der Waals surface area contributed by atoms with Gasteiger partial charge in [0.15, 0.2) is 0 Å². The second kappa shape index (κ2) is 5.03. The summed E-state index contributed by atoms with van der Waals surface area (Å²) in [6.45, 7) is 0.343. The van der Waals surface area contributed by atoms with Crippen molar-refractivity contribution < 1.29 is 17.6 Å². The molecule has 2 rings (SSSR count). The molecule has 0 unspecified atom stereocenters. The van der Waals surface area contributed by atoms with E-state index in [0.717, 1.165) is 0 Å². The van der Waals surface area contributed by atoms with E-state index in [1.165, 1.54) is 10.9 Å². The first-order chi connectivity index (χ1) is 8.59. The number of aromatic nitrogens is 3. The Morgan fingerprint density at radius 1 is 1.11 bits per heavy atom. The molecule has 4 nitrogen and oxygen atoms in total. The van der Waals surface area contributed by atoms with Crippen molar-refractivity contribution in [2.75, 3.05) is 11.9 Å². The molecule has 0 aliphatic rings. The highest BCUT2D eigenvalue weighted by Gasteiger charge is 2.20. The minimum atomic E-state index is -1.68. The van der Waals surface area contributed by atoms with Crippen molar-refractivity contribution in [1.29, 1.82) is 0 Å². The Balaban J connectivity index is 2.09.